The van der Waals surface area contributed by atoms with E-state index in [1.807, 2.05) is 6.92 Å². The Labute approximate surface area is 91.0 Å². The lowest BCUT2D eigenvalue weighted by molar-refractivity contribution is 0.0442. The van der Waals surface area contributed by atoms with Crippen molar-refractivity contribution < 1.29 is 9.63 Å². The first kappa shape index (κ1) is 11.1. The molecule has 5 heteroatoms. The van der Waals surface area contributed by atoms with Crippen LogP contribution in [0.1, 0.15) is 15.2 Å². The highest BCUT2D eigenvalue weighted by Crippen LogP contribution is 2.26. The lowest BCUT2D eigenvalue weighted by Crippen LogP contribution is -2.23. The summed E-state index contributed by atoms with van der Waals surface area (Å²) in [6, 6.07) is 0. The van der Waals surface area contributed by atoms with Gasteiger partial charge in [-0.2, -0.15) is 0 Å². The zero-order valence-corrected chi connectivity index (χ0v) is 9.04. The molecule has 1 N–H and O–H groups in total. The van der Waals surface area contributed by atoms with Gasteiger partial charge in [-0.3, -0.25) is 9.63 Å². The summed E-state index contributed by atoms with van der Waals surface area (Å²) in [4.78, 5) is 16.5. The van der Waals surface area contributed by atoms with Crippen LogP contribution in [-0.2, 0) is 4.84 Å². The minimum atomic E-state index is -0.372. The molecule has 0 aliphatic carbocycles. The fourth-order valence-electron chi connectivity index (χ4n) is 0.773. The second kappa shape index (κ2) is 5.01. The number of hydrogen-bond donors (Lipinski definition) is 1. The van der Waals surface area contributed by atoms with Crippen molar-refractivity contribution in [1.29, 1.82) is 0 Å². The van der Waals surface area contributed by atoms with Crippen molar-refractivity contribution in [2.45, 2.75) is 6.92 Å². The smallest absolute Gasteiger partial charge is 0.266 e. The Kier molecular flexibility index (Phi) is 3.96. The van der Waals surface area contributed by atoms with E-state index in [1.165, 1.54) is 11.3 Å². The first-order chi connectivity index (χ1) is 6.66. The zero-order chi connectivity index (χ0) is 10.6. The Morgan fingerprint density at radius 3 is 3.07 bits per heavy atom. The molecule has 0 spiro atoms. The Bertz CT molecular complexity index is 381. The molecule has 0 fully saturated rings. The summed E-state index contributed by atoms with van der Waals surface area (Å²) in [5.74, 6) is 1.86. The van der Waals surface area contributed by atoms with Crippen molar-refractivity contribution >= 4 is 28.8 Å². The minimum Gasteiger partial charge on any atom is -0.266 e. The summed E-state index contributed by atoms with van der Waals surface area (Å²) in [5.41, 5.74) is 3.07. The van der Waals surface area contributed by atoms with Gasteiger partial charge in [-0.25, -0.2) is 5.48 Å². The molecule has 0 aliphatic heterocycles. The van der Waals surface area contributed by atoms with Gasteiger partial charge in [0.15, 0.2) is 0 Å². The number of hydrogen-bond acceptors (Lipinski definition) is 3. The van der Waals surface area contributed by atoms with Gasteiger partial charge >= 0.3 is 0 Å². The van der Waals surface area contributed by atoms with Gasteiger partial charge < -0.3 is 0 Å². The molecule has 0 saturated heterocycles. The Hall–Kier alpha value is -1.02. The third-order valence-electron chi connectivity index (χ3n) is 1.43. The maximum atomic E-state index is 11.4. The SMILES string of the molecule is C#CCONC(=O)c1scc(C)c1Cl. The number of halogens is 1. The van der Waals surface area contributed by atoms with Crippen molar-refractivity contribution in [3.8, 4) is 12.3 Å². The van der Waals surface area contributed by atoms with Crippen LogP contribution >= 0.6 is 22.9 Å². The van der Waals surface area contributed by atoms with Gasteiger partial charge in [-0.1, -0.05) is 17.5 Å². The molecule has 1 rings (SSSR count). The molecule has 0 saturated carbocycles. The molecule has 1 aromatic heterocycles. The number of amides is 1. The quantitative estimate of drug-likeness (QED) is 0.489. The number of carbonyl (C=O) groups is 1. The largest absolute Gasteiger partial charge is 0.286 e. The van der Waals surface area contributed by atoms with Crippen molar-refractivity contribution in [3.05, 3.63) is 20.8 Å². The highest BCUT2D eigenvalue weighted by Gasteiger charge is 2.14. The first-order valence-corrected chi connectivity index (χ1v) is 5.01. The highest BCUT2D eigenvalue weighted by atomic mass is 35.5. The van der Waals surface area contributed by atoms with Crippen LogP contribution in [0.5, 0.6) is 0 Å². The highest BCUT2D eigenvalue weighted by molar-refractivity contribution is 7.13. The van der Waals surface area contributed by atoms with Gasteiger partial charge in [0, 0.05) is 0 Å². The fraction of sp³-hybridized carbons (Fsp3) is 0.222. The summed E-state index contributed by atoms with van der Waals surface area (Å²) < 4.78 is 0. The van der Waals surface area contributed by atoms with Crippen LogP contribution in [0.3, 0.4) is 0 Å². The zero-order valence-electron chi connectivity index (χ0n) is 7.46. The van der Waals surface area contributed by atoms with E-state index in [4.69, 9.17) is 18.0 Å². The lowest BCUT2D eigenvalue weighted by Gasteiger charge is -2.01. The van der Waals surface area contributed by atoms with Crippen molar-refractivity contribution in [2.75, 3.05) is 6.61 Å². The van der Waals surface area contributed by atoms with Crippen LogP contribution in [-0.4, -0.2) is 12.5 Å². The third kappa shape index (κ3) is 2.48. The standard InChI is InChI=1S/C9H8ClNO2S/c1-3-4-13-11-9(12)8-7(10)6(2)5-14-8/h1,5H,4H2,2H3,(H,11,12). The van der Waals surface area contributed by atoms with E-state index in [1.54, 1.807) is 5.38 Å². The maximum Gasteiger partial charge on any atom is 0.286 e. The van der Waals surface area contributed by atoms with Crippen LogP contribution < -0.4 is 5.48 Å². The van der Waals surface area contributed by atoms with Gasteiger partial charge in [-0.05, 0) is 17.9 Å². The minimum absolute atomic E-state index is 0.0354. The number of carbonyl (C=O) groups excluding carboxylic acids is 1. The predicted octanol–water partition coefficient (Wildman–Crippen LogP) is 2.00. The molecule has 1 amide bonds. The number of hydroxylamine groups is 1. The summed E-state index contributed by atoms with van der Waals surface area (Å²) in [6.45, 7) is 1.87. The van der Waals surface area contributed by atoms with Gasteiger partial charge in [0.2, 0.25) is 0 Å². The molecule has 0 unspecified atom stereocenters. The molecular weight excluding hydrogens is 222 g/mol. The van der Waals surface area contributed by atoms with Crippen LogP contribution in [0, 0.1) is 19.3 Å². The summed E-state index contributed by atoms with van der Waals surface area (Å²) >= 11 is 7.14. The second-order valence-electron chi connectivity index (χ2n) is 2.49. The van der Waals surface area contributed by atoms with Crippen LogP contribution in [0.4, 0.5) is 0 Å². The van der Waals surface area contributed by atoms with Crippen molar-refractivity contribution in [3.63, 3.8) is 0 Å². The van der Waals surface area contributed by atoms with Gasteiger partial charge in [-0.15, -0.1) is 17.8 Å². The van der Waals surface area contributed by atoms with Crippen molar-refractivity contribution in [2.24, 2.45) is 0 Å². The molecule has 1 heterocycles. The van der Waals surface area contributed by atoms with Gasteiger partial charge in [0.1, 0.15) is 11.5 Å². The van der Waals surface area contributed by atoms with Crippen LogP contribution in [0.2, 0.25) is 5.02 Å². The summed E-state index contributed by atoms with van der Waals surface area (Å²) in [5, 5.41) is 2.26. The monoisotopic (exact) mass is 229 g/mol. The average Bonchev–Trinajstić information content (AvgIpc) is 2.48. The molecule has 0 atom stereocenters. The molecule has 0 radical (unpaired) electrons. The van der Waals surface area contributed by atoms with E-state index in [9.17, 15) is 4.79 Å². The molecule has 14 heavy (non-hydrogen) atoms. The normalized spacial score (nSPS) is 9.50. The number of nitrogens with one attached hydrogen (secondary N) is 1. The Morgan fingerprint density at radius 1 is 1.86 bits per heavy atom. The number of aryl methyl sites for hydroxylation is 1. The molecule has 0 bridgehead atoms. The summed E-state index contributed by atoms with van der Waals surface area (Å²) in [7, 11) is 0. The maximum absolute atomic E-state index is 11.4. The van der Waals surface area contributed by atoms with E-state index < -0.39 is 0 Å². The van der Waals surface area contributed by atoms with E-state index in [0.717, 1.165) is 5.56 Å². The predicted molar refractivity (Wildman–Crippen MR) is 56.3 cm³/mol. The fourth-order valence-corrected chi connectivity index (χ4v) is 1.94. The van der Waals surface area contributed by atoms with E-state index in [0.29, 0.717) is 9.90 Å². The molecule has 3 nitrogen and oxygen atoms in total. The van der Waals surface area contributed by atoms with E-state index >= 15 is 0 Å². The lowest BCUT2D eigenvalue weighted by atomic mass is 10.3. The van der Waals surface area contributed by atoms with Gasteiger partial charge in [0.05, 0.1) is 5.02 Å². The topological polar surface area (TPSA) is 38.3 Å². The van der Waals surface area contributed by atoms with Crippen LogP contribution in [0.15, 0.2) is 5.38 Å². The van der Waals surface area contributed by atoms with Crippen LogP contribution in [0.25, 0.3) is 0 Å². The molecular formula is C9H8ClNO2S. The third-order valence-corrected chi connectivity index (χ3v) is 3.12. The first-order valence-electron chi connectivity index (χ1n) is 3.76. The van der Waals surface area contributed by atoms with Crippen molar-refractivity contribution in [1.82, 2.24) is 5.48 Å². The number of terminal acetylenes is 1. The average molecular weight is 230 g/mol. The Morgan fingerprint density at radius 2 is 2.57 bits per heavy atom. The summed E-state index contributed by atoms with van der Waals surface area (Å²) in [6.07, 6.45) is 4.94. The number of rotatable bonds is 3. The second-order valence-corrected chi connectivity index (χ2v) is 3.74. The number of thiophene rings is 1. The van der Waals surface area contributed by atoms with E-state index in [-0.39, 0.29) is 12.5 Å². The molecule has 74 valence electrons. The van der Waals surface area contributed by atoms with Gasteiger partial charge in [0.25, 0.3) is 5.91 Å². The Balaban J connectivity index is 2.62. The molecule has 0 aliphatic rings. The molecule has 1 aromatic rings. The van der Waals surface area contributed by atoms with E-state index in [2.05, 4.69) is 16.2 Å². The molecule has 0 aromatic carbocycles.